The number of nitrogens with one attached hydrogen (secondary N) is 1. The summed E-state index contributed by atoms with van der Waals surface area (Å²) in [7, 11) is 0. The first-order valence-corrected chi connectivity index (χ1v) is 6.77. The summed E-state index contributed by atoms with van der Waals surface area (Å²) in [5, 5.41) is 13.4. The molecule has 5 nitrogen and oxygen atoms in total. The smallest absolute Gasteiger partial charge is 0.269 e. The fourth-order valence-electron chi connectivity index (χ4n) is 2.06. The lowest BCUT2D eigenvalue weighted by atomic mass is 10.1. The number of aryl methyl sites for hydroxylation is 2. The summed E-state index contributed by atoms with van der Waals surface area (Å²) in [6.45, 7) is 3.87. The van der Waals surface area contributed by atoms with E-state index in [1.54, 1.807) is 18.2 Å². The van der Waals surface area contributed by atoms with Gasteiger partial charge in [0.1, 0.15) is 0 Å². The van der Waals surface area contributed by atoms with Gasteiger partial charge >= 0.3 is 0 Å². The summed E-state index contributed by atoms with van der Waals surface area (Å²) < 4.78 is 0. The number of carbonyl (C=O) groups is 1. The molecule has 2 aromatic rings. The predicted octanol–water partition coefficient (Wildman–Crippen LogP) is 3.86. The van der Waals surface area contributed by atoms with Crippen LogP contribution >= 0.6 is 0 Å². The molecule has 0 unspecified atom stereocenters. The fraction of sp³-hybridized carbons (Fsp3) is 0.118. The van der Waals surface area contributed by atoms with Crippen LogP contribution in [0.3, 0.4) is 0 Å². The third kappa shape index (κ3) is 3.79. The van der Waals surface area contributed by atoms with Crippen molar-refractivity contribution in [3.63, 3.8) is 0 Å². The van der Waals surface area contributed by atoms with E-state index >= 15 is 0 Å². The largest absolute Gasteiger partial charge is 0.322 e. The Bertz CT molecular complexity index is 714. The third-order valence-electron chi connectivity index (χ3n) is 3.26. The lowest BCUT2D eigenvalue weighted by Gasteiger charge is -2.09. The van der Waals surface area contributed by atoms with Crippen molar-refractivity contribution in [1.82, 2.24) is 0 Å². The minimum Gasteiger partial charge on any atom is -0.322 e. The average Bonchev–Trinajstić information content (AvgIpc) is 2.49. The van der Waals surface area contributed by atoms with E-state index in [-0.39, 0.29) is 11.6 Å². The summed E-state index contributed by atoms with van der Waals surface area (Å²) in [4.78, 5) is 22.1. The van der Waals surface area contributed by atoms with Crippen molar-refractivity contribution in [2.45, 2.75) is 13.8 Å². The normalized spacial score (nSPS) is 10.6. The van der Waals surface area contributed by atoms with Crippen LogP contribution in [0.15, 0.2) is 48.5 Å². The average molecular weight is 296 g/mol. The Labute approximate surface area is 128 Å². The molecule has 0 saturated carbocycles. The van der Waals surface area contributed by atoms with Gasteiger partial charge < -0.3 is 5.32 Å². The Morgan fingerprint density at radius 2 is 1.68 bits per heavy atom. The van der Waals surface area contributed by atoms with Gasteiger partial charge in [0, 0.05) is 23.9 Å². The molecule has 1 amide bonds. The molecule has 1 N–H and O–H groups in total. The highest BCUT2D eigenvalue weighted by atomic mass is 16.6. The number of rotatable bonds is 4. The quantitative estimate of drug-likeness (QED) is 0.529. The van der Waals surface area contributed by atoms with E-state index in [1.165, 1.54) is 18.2 Å². The van der Waals surface area contributed by atoms with Crippen molar-refractivity contribution in [3.8, 4) is 0 Å². The second-order valence-corrected chi connectivity index (χ2v) is 4.94. The number of non-ortho nitro benzene ring substituents is 1. The van der Waals surface area contributed by atoms with Gasteiger partial charge in [-0.25, -0.2) is 0 Å². The Hall–Kier alpha value is -2.95. The summed E-state index contributed by atoms with van der Waals surface area (Å²) in [5.41, 5.74) is 3.55. The first-order chi connectivity index (χ1) is 10.5. The Morgan fingerprint density at radius 3 is 2.23 bits per heavy atom. The van der Waals surface area contributed by atoms with Gasteiger partial charge in [0.15, 0.2) is 0 Å². The number of amides is 1. The number of nitro benzene ring substituents is 1. The van der Waals surface area contributed by atoms with E-state index in [0.717, 1.165) is 22.4 Å². The maximum absolute atomic E-state index is 12.0. The molecule has 0 aliphatic heterocycles. The minimum atomic E-state index is -0.457. The number of hydrogen-bond acceptors (Lipinski definition) is 3. The lowest BCUT2D eigenvalue weighted by molar-refractivity contribution is -0.384. The van der Waals surface area contributed by atoms with Crippen LogP contribution in [0.25, 0.3) is 6.08 Å². The van der Waals surface area contributed by atoms with Crippen LogP contribution in [0.2, 0.25) is 0 Å². The number of nitro groups is 1. The third-order valence-corrected chi connectivity index (χ3v) is 3.26. The van der Waals surface area contributed by atoms with Crippen LogP contribution in [0.5, 0.6) is 0 Å². The first kappa shape index (κ1) is 15.4. The standard InChI is InChI=1S/C17H16N2O3/c1-12-4-3-5-13(2)17(12)18-16(20)11-8-14-6-9-15(10-7-14)19(21)22/h3-11H,1-2H3,(H,18,20). The summed E-state index contributed by atoms with van der Waals surface area (Å²) in [6.07, 6.45) is 3.03. The van der Waals surface area contributed by atoms with E-state index in [4.69, 9.17) is 0 Å². The molecule has 0 aliphatic rings. The molecule has 2 aromatic carbocycles. The molecular weight excluding hydrogens is 280 g/mol. The number of anilines is 1. The second-order valence-electron chi connectivity index (χ2n) is 4.94. The maximum Gasteiger partial charge on any atom is 0.269 e. The van der Waals surface area contributed by atoms with Gasteiger partial charge in [0.05, 0.1) is 4.92 Å². The van der Waals surface area contributed by atoms with Crippen molar-refractivity contribution in [3.05, 3.63) is 75.3 Å². The minimum absolute atomic E-state index is 0.0251. The number of nitrogens with zero attached hydrogens (tertiary/aromatic N) is 1. The van der Waals surface area contributed by atoms with Crippen LogP contribution in [-0.4, -0.2) is 10.8 Å². The van der Waals surface area contributed by atoms with Gasteiger partial charge in [-0.05, 0) is 48.7 Å². The topological polar surface area (TPSA) is 72.2 Å². The molecule has 0 aromatic heterocycles. The summed E-state index contributed by atoms with van der Waals surface area (Å²) in [6, 6.07) is 11.8. The Balaban J connectivity index is 2.07. The predicted molar refractivity (Wildman–Crippen MR) is 86.7 cm³/mol. The lowest BCUT2D eigenvalue weighted by Crippen LogP contribution is -2.10. The number of benzene rings is 2. The van der Waals surface area contributed by atoms with Crippen molar-refractivity contribution in [2.24, 2.45) is 0 Å². The molecule has 0 heterocycles. The van der Waals surface area contributed by atoms with Gasteiger partial charge in [0.25, 0.3) is 5.69 Å². The van der Waals surface area contributed by atoms with Crippen LogP contribution in [0, 0.1) is 24.0 Å². The van der Waals surface area contributed by atoms with Crippen LogP contribution < -0.4 is 5.32 Å². The van der Waals surface area contributed by atoms with Gasteiger partial charge in [-0.15, -0.1) is 0 Å². The van der Waals surface area contributed by atoms with E-state index in [1.807, 2.05) is 32.0 Å². The van der Waals surface area contributed by atoms with E-state index in [0.29, 0.717) is 0 Å². The van der Waals surface area contributed by atoms with Gasteiger partial charge in [0.2, 0.25) is 5.91 Å². The molecule has 5 heteroatoms. The molecule has 0 radical (unpaired) electrons. The Kier molecular flexibility index (Phi) is 4.68. The van der Waals surface area contributed by atoms with Crippen molar-refractivity contribution in [2.75, 3.05) is 5.32 Å². The van der Waals surface area contributed by atoms with Crippen LogP contribution in [0.1, 0.15) is 16.7 Å². The van der Waals surface area contributed by atoms with Crippen molar-refractivity contribution in [1.29, 1.82) is 0 Å². The number of para-hydroxylation sites is 1. The molecule has 22 heavy (non-hydrogen) atoms. The fourth-order valence-corrected chi connectivity index (χ4v) is 2.06. The Morgan fingerprint density at radius 1 is 1.09 bits per heavy atom. The second kappa shape index (κ2) is 6.67. The van der Waals surface area contributed by atoms with Crippen LogP contribution in [0.4, 0.5) is 11.4 Å². The summed E-state index contributed by atoms with van der Waals surface area (Å²) in [5.74, 6) is -0.240. The molecule has 0 saturated heterocycles. The number of hydrogen-bond donors (Lipinski definition) is 1. The van der Waals surface area contributed by atoms with Crippen molar-refractivity contribution < 1.29 is 9.72 Å². The molecule has 112 valence electrons. The molecule has 0 spiro atoms. The van der Waals surface area contributed by atoms with E-state index in [2.05, 4.69) is 5.32 Å². The molecular formula is C17H16N2O3. The summed E-state index contributed by atoms with van der Waals surface area (Å²) >= 11 is 0. The molecule has 0 atom stereocenters. The highest BCUT2D eigenvalue weighted by molar-refractivity contribution is 6.02. The molecule has 0 fully saturated rings. The number of carbonyl (C=O) groups excluding carboxylic acids is 1. The molecule has 2 rings (SSSR count). The zero-order chi connectivity index (χ0) is 16.1. The van der Waals surface area contributed by atoms with Gasteiger partial charge in [-0.3, -0.25) is 14.9 Å². The van der Waals surface area contributed by atoms with Gasteiger partial charge in [-0.1, -0.05) is 18.2 Å². The monoisotopic (exact) mass is 296 g/mol. The molecule has 0 bridgehead atoms. The molecule has 0 aliphatic carbocycles. The van der Waals surface area contributed by atoms with E-state index in [9.17, 15) is 14.9 Å². The zero-order valence-corrected chi connectivity index (χ0v) is 12.4. The maximum atomic E-state index is 12.0. The highest BCUT2D eigenvalue weighted by Gasteiger charge is 2.05. The van der Waals surface area contributed by atoms with E-state index < -0.39 is 4.92 Å². The highest BCUT2D eigenvalue weighted by Crippen LogP contribution is 2.19. The SMILES string of the molecule is Cc1cccc(C)c1NC(=O)C=Cc1ccc([N+](=O)[O-])cc1. The first-order valence-electron chi connectivity index (χ1n) is 6.77. The zero-order valence-electron chi connectivity index (χ0n) is 12.4. The van der Waals surface area contributed by atoms with Crippen LogP contribution in [-0.2, 0) is 4.79 Å². The van der Waals surface area contributed by atoms with Gasteiger partial charge in [-0.2, -0.15) is 0 Å². The van der Waals surface area contributed by atoms with Crippen molar-refractivity contribution >= 4 is 23.4 Å².